The highest BCUT2D eigenvalue weighted by molar-refractivity contribution is 5.07. The van der Waals surface area contributed by atoms with E-state index in [9.17, 15) is 0 Å². The molecular weight excluding hydrogens is 114 g/mol. The Hall–Kier alpha value is -0.0800. The van der Waals surface area contributed by atoms with Gasteiger partial charge in [-0.15, -0.1) is 0 Å². The molecule has 1 heterocycles. The normalized spacial score (nSPS) is 37.7. The Bertz CT molecular complexity index is 120. The zero-order chi connectivity index (χ0) is 6.32. The molecule has 1 aliphatic heterocycles. The van der Waals surface area contributed by atoms with Crippen molar-refractivity contribution in [1.29, 1.82) is 0 Å². The van der Waals surface area contributed by atoms with Crippen LogP contribution in [-0.2, 0) is 4.74 Å². The molecule has 2 rings (SSSR count). The van der Waals surface area contributed by atoms with Crippen LogP contribution < -0.4 is 5.32 Å². The molecule has 1 aliphatic carbocycles. The molecule has 52 valence electrons. The van der Waals surface area contributed by atoms with Gasteiger partial charge >= 0.3 is 0 Å². The van der Waals surface area contributed by atoms with Gasteiger partial charge in [-0.05, 0) is 26.3 Å². The molecule has 2 fully saturated rings. The number of rotatable bonds is 1. The molecule has 1 N–H and O–H groups in total. The Labute approximate surface area is 55.6 Å². The van der Waals surface area contributed by atoms with E-state index in [0.29, 0.717) is 11.6 Å². The summed E-state index contributed by atoms with van der Waals surface area (Å²) in [6.45, 7) is 0.964. The molecule has 0 aromatic rings. The number of hydrogen-bond donors (Lipinski definition) is 1. The van der Waals surface area contributed by atoms with Crippen molar-refractivity contribution in [3.05, 3.63) is 0 Å². The molecule has 0 radical (unpaired) electrons. The van der Waals surface area contributed by atoms with Crippen LogP contribution in [0, 0.1) is 0 Å². The van der Waals surface area contributed by atoms with Crippen LogP contribution in [0.3, 0.4) is 0 Å². The lowest BCUT2D eigenvalue weighted by molar-refractivity contribution is 0.0785. The van der Waals surface area contributed by atoms with E-state index < -0.39 is 0 Å². The first-order valence-electron chi connectivity index (χ1n) is 3.69. The van der Waals surface area contributed by atoms with Crippen molar-refractivity contribution in [3.8, 4) is 0 Å². The van der Waals surface area contributed by atoms with Gasteiger partial charge in [-0.1, -0.05) is 0 Å². The van der Waals surface area contributed by atoms with Crippen molar-refractivity contribution in [2.45, 2.75) is 30.9 Å². The van der Waals surface area contributed by atoms with E-state index in [0.717, 1.165) is 6.61 Å². The molecule has 2 heteroatoms. The molecule has 1 saturated heterocycles. The van der Waals surface area contributed by atoms with Crippen LogP contribution in [0.2, 0.25) is 0 Å². The summed E-state index contributed by atoms with van der Waals surface area (Å²) in [5.74, 6) is 0. The zero-order valence-electron chi connectivity index (χ0n) is 5.81. The van der Waals surface area contributed by atoms with Crippen LogP contribution in [0.5, 0.6) is 0 Å². The summed E-state index contributed by atoms with van der Waals surface area (Å²) in [6.07, 6.45) is 3.76. The minimum atomic E-state index is 0.300. The van der Waals surface area contributed by atoms with Gasteiger partial charge in [0.15, 0.2) is 0 Å². The van der Waals surface area contributed by atoms with Gasteiger partial charge in [-0.2, -0.15) is 0 Å². The SMILES string of the molecule is CNC1CCOC12CC2. The smallest absolute Gasteiger partial charge is 0.0837 e. The molecule has 1 spiro atoms. The summed E-state index contributed by atoms with van der Waals surface area (Å²) in [6, 6.07) is 0.650. The van der Waals surface area contributed by atoms with Gasteiger partial charge in [0.05, 0.1) is 5.60 Å². The second-order valence-corrected chi connectivity index (χ2v) is 3.04. The summed E-state index contributed by atoms with van der Waals surface area (Å²) >= 11 is 0. The second kappa shape index (κ2) is 1.70. The Morgan fingerprint density at radius 1 is 1.56 bits per heavy atom. The summed E-state index contributed by atoms with van der Waals surface area (Å²) in [7, 11) is 2.03. The number of nitrogens with one attached hydrogen (secondary N) is 1. The fourth-order valence-corrected chi connectivity index (χ4v) is 1.77. The first kappa shape index (κ1) is 5.69. The van der Waals surface area contributed by atoms with Crippen LogP contribution in [0.25, 0.3) is 0 Å². The lowest BCUT2D eigenvalue weighted by Gasteiger charge is -2.15. The minimum Gasteiger partial charge on any atom is -0.373 e. The Morgan fingerprint density at radius 2 is 2.33 bits per heavy atom. The van der Waals surface area contributed by atoms with Crippen LogP contribution in [0.15, 0.2) is 0 Å². The van der Waals surface area contributed by atoms with Crippen molar-refractivity contribution in [3.63, 3.8) is 0 Å². The molecule has 1 saturated carbocycles. The van der Waals surface area contributed by atoms with E-state index in [1.165, 1.54) is 19.3 Å². The van der Waals surface area contributed by atoms with Crippen LogP contribution >= 0.6 is 0 Å². The average molecular weight is 127 g/mol. The third kappa shape index (κ3) is 0.700. The van der Waals surface area contributed by atoms with Gasteiger partial charge in [-0.25, -0.2) is 0 Å². The van der Waals surface area contributed by atoms with Crippen LogP contribution in [0.4, 0.5) is 0 Å². The summed E-state index contributed by atoms with van der Waals surface area (Å²) < 4.78 is 5.59. The fourth-order valence-electron chi connectivity index (χ4n) is 1.77. The Balaban J connectivity index is 2.05. The van der Waals surface area contributed by atoms with Gasteiger partial charge in [-0.3, -0.25) is 0 Å². The molecule has 2 nitrogen and oxygen atoms in total. The van der Waals surface area contributed by atoms with Gasteiger partial charge in [0.2, 0.25) is 0 Å². The quantitative estimate of drug-likeness (QED) is 0.554. The van der Waals surface area contributed by atoms with E-state index in [-0.39, 0.29) is 0 Å². The monoisotopic (exact) mass is 127 g/mol. The van der Waals surface area contributed by atoms with Crippen LogP contribution in [0.1, 0.15) is 19.3 Å². The highest BCUT2D eigenvalue weighted by Crippen LogP contribution is 2.47. The Kier molecular flexibility index (Phi) is 1.08. The van der Waals surface area contributed by atoms with Gasteiger partial charge < -0.3 is 10.1 Å². The molecule has 0 bridgehead atoms. The number of likely N-dealkylation sites (N-methyl/N-ethyl adjacent to an activating group) is 1. The maximum atomic E-state index is 5.59. The highest BCUT2D eigenvalue weighted by Gasteiger charge is 2.53. The van der Waals surface area contributed by atoms with Gasteiger partial charge in [0, 0.05) is 12.6 Å². The summed E-state index contributed by atoms with van der Waals surface area (Å²) in [5, 5.41) is 3.29. The van der Waals surface area contributed by atoms with Crippen molar-refractivity contribution >= 4 is 0 Å². The van der Waals surface area contributed by atoms with E-state index in [4.69, 9.17) is 4.74 Å². The fraction of sp³-hybridized carbons (Fsp3) is 1.00. The zero-order valence-corrected chi connectivity index (χ0v) is 5.81. The molecule has 1 atom stereocenters. The third-order valence-corrected chi connectivity index (χ3v) is 2.52. The first-order chi connectivity index (χ1) is 4.37. The van der Waals surface area contributed by atoms with E-state index in [1.807, 2.05) is 7.05 Å². The topological polar surface area (TPSA) is 21.3 Å². The lowest BCUT2D eigenvalue weighted by Crippen LogP contribution is -2.35. The van der Waals surface area contributed by atoms with Crippen molar-refractivity contribution in [1.82, 2.24) is 5.32 Å². The molecule has 0 amide bonds. The molecule has 2 aliphatic rings. The minimum absolute atomic E-state index is 0.300. The van der Waals surface area contributed by atoms with Crippen molar-refractivity contribution in [2.75, 3.05) is 13.7 Å². The highest BCUT2D eigenvalue weighted by atomic mass is 16.5. The van der Waals surface area contributed by atoms with Crippen molar-refractivity contribution in [2.24, 2.45) is 0 Å². The molecule has 0 aromatic carbocycles. The number of hydrogen-bond acceptors (Lipinski definition) is 2. The Morgan fingerprint density at radius 3 is 2.78 bits per heavy atom. The molecular formula is C7H13NO. The molecule has 9 heavy (non-hydrogen) atoms. The first-order valence-corrected chi connectivity index (χ1v) is 3.69. The molecule has 0 aromatic heterocycles. The summed E-state index contributed by atoms with van der Waals surface area (Å²) in [4.78, 5) is 0. The largest absolute Gasteiger partial charge is 0.373 e. The third-order valence-electron chi connectivity index (χ3n) is 2.52. The predicted molar refractivity (Wildman–Crippen MR) is 35.4 cm³/mol. The predicted octanol–water partition coefficient (Wildman–Crippen LogP) is 0.527. The maximum absolute atomic E-state index is 5.59. The van der Waals surface area contributed by atoms with Gasteiger partial charge in [0.1, 0.15) is 0 Å². The van der Waals surface area contributed by atoms with E-state index >= 15 is 0 Å². The lowest BCUT2D eigenvalue weighted by atomic mass is 10.1. The summed E-state index contributed by atoms with van der Waals surface area (Å²) in [5.41, 5.74) is 0.300. The second-order valence-electron chi connectivity index (χ2n) is 3.04. The standard InChI is InChI=1S/C7H13NO/c1-8-6-2-5-9-7(6)3-4-7/h6,8H,2-5H2,1H3. The van der Waals surface area contributed by atoms with E-state index in [1.54, 1.807) is 0 Å². The average Bonchev–Trinajstić information content (AvgIpc) is 2.45. The maximum Gasteiger partial charge on any atom is 0.0837 e. The van der Waals surface area contributed by atoms with E-state index in [2.05, 4.69) is 5.32 Å². The molecule has 1 unspecified atom stereocenters. The van der Waals surface area contributed by atoms with Gasteiger partial charge in [0.25, 0.3) is 0 Å². The van der Waals surface area contributed by atoms with Crippen molar-refractivity contribution < 1.29 is 4.74 Å². The number of ether oxygens (including phenoxy) is 1. The van der Waals surface area contributed by atoms with Crippen LogP contribution in [-0.4, -0.2) is 25.3 Å².